The molecule has 0 saturated heterocycles. The monoisotopic (exact) mass is 288 g/mol. The Morgan fingerprint density at radius 1 is 1.50 bits per heavy atom. The zero-order valence-electron chi connectivity index (χ0n) is 8.35. The van der Waals surface area contributed by atoms with E-state index in [-0.39, 0.29) is 14.4 Å². The van der Waals surface area contributed by atoms with Crippen molar-refractivity contribution in [3.8, 4) is 0 Å². The van der Waals surface area contributed by atoms with E-state index in [2.05, 4.69) is 5.32 Å². The molecule has 1 aromatic heterocycles. The Kier molecular flexibility index (Phi) is 4.35. The highest BCUT2D eigenvalue weighted by molar-refractivity contribution is 7.21. The van der Waals surface area contributed by atoms with E-state index in [1.807, 2.05) is 0 Å². The Labute approximate surface area is 105 Å². The number of nitrogens with zero attached hydrogens (tertiary/aromatic N) is 1. The molecule has 0 saturated carbocycles. The Morgan fingerprint density at radius 3 is 2.50 bits per heavy atom. The number of alkyl halides is 2. The van der Waals surface area contributed by atoms with E-state index in [0.29, 0.717) is 0 Å². The minimum absolute atomic E-state index is 0.0442. The third-order valence-corrected chi connectivity index (χ3v) is 3.96. The molecule has 1 N–H and O–H groups in total. The van der Waals surface area contributed by atoms with E-state index in [4.69, 9.17) is 23.2 Å². The summed E-state index contributed by atoms with van der Waals surface area (Å²) in [5.74, 6) is 0. The largest absolute Gasteiger partial charge is 0.341 e. The molecule has 90 valence electrons. The van der Waals surface area contributed by atoms with Crippen LogP contribution in [0.5, 0.6) is 0 Å². The van der Waals surface area contributed by atoms with Crippen LogP contribution in [0.1, 0.15) is 12.0 Å². The maximum Gasteiger partial charge on any atom is 0.321 e. The van der Waals surface area contributed by atoms with Gasteiger partial charge in [-0.1, -0.05) is 23.2 Å². The molecule has 0 aliphatic heterocycles. The number of hydrogen-bond donors (Lipinski definition) is 1. The highest BCUT2D eigenvalue weighted by atomic mass is 35.5. The van der Waals surface area contributed by atoms with Crippen LogP contribution >= 0.6 is 34.5 Å². The number of carbonyl (C=O) groups excluding carboxylic acids is 1. The van der Waals surface area contributed by atoms with Crippen molar-refractivity contribution >= 4 is 45.6 Å². The number of nitrogens with one attached hydrogen (secondary N) is 1. The van der Waals surface area contributed by atoms with Crippen LogP contribution in [0.15, 0.2) is 0 Å². The summed E-state index contributed by atoms with van der Waals surface area (Å²) in [6.07, 6.45) is -2.78. The number of anilines is 1. The molecule has 3 nitrogen and oxygen atoms in total. The molecule has 0 aromatic carbocycles. The van der Waals surface area contributed by atoms with E-state index in [1.54, 1.807) is 0 Å². The van der Waals surface area contributed by atoms with Gasteiger partial charge in [0, 0.05) is 14.1 Å². The van der Waals surface area contributed by atoms with Gasteiger partial charge < -0.3 is 5.32 Å². The maximum atomic E-state index is 12.7. The molecule has 0 radical (unpaired) electrons. The molecule has 0 aliphatic carbocycles. The number of halogens is 4. The second kappa shape index (κ2) is 5.16. The molecule has 0 bridgehead atoms. The summed E-state index contributed by atoms with van der Waals surface area (Å²) in [6, 6.07) is -0.517. The normalized spacial score (nSPS) is 10.7. The Hall–Kier alpha value is -0.590. The minimum atomic E-state index is -2.78. The van der Waals surface area contributed by atoms with E-state index in [9.17, 15) is 13.6 Å². The zero-order chi connectivity index (χ0) is 12.5. The standard InChI is InChI=1S/C8H8Cl2F2N2OS/c1-13-8(15)14(2)7-3(6(11)12)4(9)5(10)16-7/h6H,1-2H3,(H,13,15). The van der Waals surface area contributed by atoms with Crippen LogP contribution in [-0.4, -0.2) is 20.1 Å². The van der Waals surface area contributed by atoms with E-state index in [0.717, 1.165) is 16.2 Å². The summed E-state index contributed by atoms with van der Waals surface area (Å²) in [7, 11) is 2.76. The molecule has 0 aliphatic rings. The highest BCUT2D eigenvalue weighted by Crippen LogP contribution is 2.46. The summed E-state index contributed by atoms with van der Waals surface area (Å²) in [6.45, 7) is 0. The van der Waals surface area contributed by atoms with Crippen LogP contribution < -0.4 is 10.2 Å². The molecule has 0 unspecified atom stereocenters. The Morgan fingerprint density at radius 2 is 2.06 bits per heavy atom. The van der Waals surface area contributed by atoms with Crippen molar-refractivity contribution < 1.29 is 13.6 Å². The van der Waals surface area contributed by atoms with Gasteiger partial charge in [0.05, 0.1) is 10.6 Å². The molecular formula is C8H8Cl2F2N2OS. The van der Waals surface area contributed by atoms with Crippen molar-refractivity contribution in [1.82, 2.24) is 5.32 Å². The zero-order valence-corrected chi connectivity index (χ0v) is 10.7. The van der Waals surface area contributed by atoms with Gasteiger partial charge in [-0.05, 0) is 0 Å². The first-order valence-electron chi connectivity index (χ1n) is 4.11. The predicted octanol–water partition coefficient (Wildman–Crippen LogP) is 3.77. The lowest BCUT2D eigenvalue weighted by atomic mass is 10.3. The van der Waals surface area contributed by atoms with Gasteiger partial charge in [-0.15, -0.1) is 11.3 Å². The Bertz CT molecular complexity index is 411. The van der Waals surface area contributed by atoms with Gasteiger partial charge in [0.2, 0.25) is 0 Å². The predicted molar refractivity (Wildman–Crippen MR) is 62.2 cm³/mol. The second-order valence-electron chi connectivity index (χ2n) is 2.82. The van der Waals surface area contributed by atoms with Crippen molar-refractivity contribution in [3.63, 3.8) is 0 Å². The van der Waals surface area contributed by atoms with Crippen molar-refractivity contribution in [1.29, 1.82) is 0 Å². The summed E-state index contributed by atoms with van der Waals surface area (Å²) in [4.78, 5) is 12.3. The van der Waals surface area contributed by atoms with Crippen molar-refractivity contribution in [2.45, 2.75) is 6.43 Å². The van der Waals surface area contributed by atoms with Gasteiger partial charge in [-0.3, -0.25) is 4.90 Å². The summed E-state index contributed by atoms with van der Waals surface area (Å²) < 4.78 is 25.5. The smallest absolute Gasteiger partial charge is 0.321 e. The van der Waals surface area contributed by atoms with E-state index >= 15 is 0 Å². The number of carbonyl (C=O) groups is 1. The lowest BCUT2D eigenvalue weighted by Crippen LogP contribution is -2.34. The average Bonchev–Trinajstić information content (AvgIpc) is 2.53. The molecule has 2 amide bonds. The summed E-state index contributed by atoms with van der Waals surface area (Å²) in [5, 5.41) is 2.16. The first kappa shape index (κ1) is 13.5. The quantitative estimate of drug-likeness (QED) is 0.883. The van der Waals surface area contributed by atoms with Crippen molar-refractivity contribution in [3.05, 3.63) is 14.9 Å². The fourth-order valence-corrected chi connectivity index (χ4v) is 2.64. The third kappa shape index (κ3) is 2.39. The molecule has 1 heterocycles. The summed E-state index contributed by atoms with van der Waals surface area (Å²) >= 11 is 12.1. The number of thiophene rings is 1. The third-order valence-electron chi connectivity index (χ3n) is 1.87. The lowest BCUT2D eigenvalue weighted by molar-refractivity contribution is 0.152. The van der Waals surface area contributed by atoms with E-state index < -0.39 is 18.0 Å². The van der Waals surface area contributed by atoms with Crippen LogP contribution in [0.4, 0.5) is 18.6 Å². The fraction of sp³-hybridized carbons (Fsp3) is 0.375. The van der Waals surface area contributed by atoms with Crippen LogP contribution in [0.25, 0.3) is 0 Å². The molecule has 1 rings (SSSR count). The van der Waals surface area contributed by atoms with E-state index in [1.165, 1.54) is 14.1 Å². The maximum absolute atomic E-state index is 12.7. The van der Waals surface area contributed by atoms with Crippen LogP contribution in [0.2, 0.25) is 9.36 Å². The van der Waals surface area contributed by atoms with Crippen LogP contribution in [0.3, 0.4) is 0 Å². The average molecular weight is 289 g/mol. The second-order valence-corrected chi connectivity index (χ2v) is 4.80. The highest BCUT2D eigenvalue weighted by Gasteiger charge is 2.27. The molecule has 0 atom stereocenters. The number of rotatable bonds is 2. The molecule has 8 heteroatoms. The topological polar surface area (TPSA) is 32.3 Å². The number of amides is 2. The van der Waals surface area contributed by atoms with Crippen LogP contribution in [-0.2, 0) is 0 Å². The number of hydrogen-bond acceptors (Lipinski definition) is 2. The van der Waals surface area contributed by atoms with Gasteiger partial charge in [0.25, 0.3) is 6.43 Å². The molecule has 0 fully saturated rings. The Balaban J connectivity index is 3.23. The van der Waals surface area contributed by atoms with Gasteiger partial charge in [0.15, 0.2) is 0 Å². The van der Waals surface area contributed by atoms with Gasteiger partial charge >= 0.3 is 6.03 Å². The SMILES string of the molecule is CNC(=O)N(C)c1sc(Cl)c(Cl)c1C(F)F. The fourth-order valence-electron chi connectivity index (χ4n) is 1.08. The minimum Gasteiger partial charge on any atom is -0.341 e. The first-order valence-corrected chi connectivity index (χ1v) is 5.68. The van der Waals surface area contributed by atoms with Crippen molar-refractivity contribution in [2.75, 3.05) is 19.0 Å². The lowest BCUT2D eigenvalue weighted by Gasteiger charge is -2.16. The number of urea groups is 1. The summed E-state index contributed by atoms with van der Waals surface area (Å²) in [5.41, 5.74) is -0.414. The molecular weight excluding hydrogens is 281 g/mol. The van der Waals surface area contributed by atoms with Crippen molar-refractivity contribution in [2.24, 2.45) is 0 Å². The molecule has 16 heavy (non-hydrogen) atoms. The van der Waals surface area contributed by atoms with Gasteiger partial charge in [-0.2, -0.15) is 0 Å². The molecule has 1 aromatic rings. The van der Waals surface area contributed by atoms with Crippen LogP contribution in [0, 0.1) is 0 Å². The van der Waals surface area contributed by atoms with Gasteiger partial charge in [0.1, 0.15) is 9.34 Å². The molecule has 0 spiro atoms. The first-order chi connectivity index (χ1) is 7.40. The van der Waals surface area contributed by atoms with Gasteiger partial charge in [-0.25, -0.2) is 13.6 Å².